The average Bonchev–Trinajstić information content (AvgIpc) is 2.75. The van der Waals surface area contributed by atoms with Gasteiger partial charge in [0.2, 0.25) is 11.8 Å². The second-order valence-electron chi connectivity index (χ2n) is 8.23. The Morgan fingerprint density at radius 1 is 1.18 bits per heavy atom. The maximum atomic E-state index is 12.5. The number of nitrogens with zero attached hydrogens (tertiary/aromatic N) is 2. The van der Waals surface area contributed by atoms with Gasteiger partial charge in [0.1, 0.15) is 19.0 Å². The zero-order valence-electron chi connectivity index (χ0n) is 20.5. The maximum absolute atomic E-state index is 12.5. The summed E-state index contributed by atoms with van der Waals surface area (Å²) in [4.78, 5) is 52.4. The molecule has 11 nitrogen and oxygen atoms in total. The molecule has 0 aromatic heterocycles. The molecule has 0 aliphatic heterocycles. The molecule has 2 amide bonds. The highest BCUT2D eigenvalue weighted by Crippen LogP contribution is 2.24. The lowest BCUT2D eigenvalue weighted by Crippen LogP contribution is -2.43. The van der Waals surface area contributed by atoms with Crippen molar-refractivity contribution in [1.82, 2.24) is 4.90 Å². The molecule has 0 aliphatic rings. The van der Waals surface area contributed by atoms with Gasteiger partial charge in [0.05, 0.1) is 18.8 Å². The number of ether oxygens (including phenoxy) is 2. The lowest BCUT2D eigenvalue weighted by atomic mass is 10.1. The van der Waals surface area contributed by atoms with Crippen LogP contribution >= 0.6 is 0 Å². The lowest BCUT2D eigenvalue weighted by Gasteiger charge is -2.29. The Hall–Kier alpha value is -3.21. The molecule has 0 heterocycles. The van der Waals surface area contributed by atoms with Gasteiger partial charge in [0.15, 0.2) is 5.78 Å². The summed E-state index contributed by atoms with van der Waals surface area (Å²) in [6.07, 6.45) is 1.12. The second kappa shape index (κ2) is 14.8. The van der Waals surface area contributed by atoms with E-state index in [1.807, 2.05) is 27.7 Å². The molecule has 190 valence electrons. The Balaban J connectivity index is 2.67. The van der Waals surface area contributed by atoms with Crippen molar-refractivity contribution in [1.29, 1.82) is 0 Å². The van der Waals surface area contributed by atoms with Crippen molar-refractivity contribution in [3.63, 3.8) is 0 Å². The number of amides is 2. The van der Waals surface area contributed by atoms with Crippen LogP contribution in [0.1, 0.15) is 57.8 Å². The van der Waals surface area contributed by atoms with Gasteiger partial charge < -0.3 is 24.5 Å². The predicted molar refractivity (Wildman–Crippen MR) is 125 cm³/mol. The van der Waals surface area contributed by atoms with E-state index in [0.29, 0.717) is 30.0 Å². The van der Waals surface area contributed by atoms with Crippen molar-refractivity contribution in [2.24, 2.45) is 5.92 Å². The number of hydrogen-bond donors (Lipinski definition) is 1. The fraction of sp³-hybridized carbons (Fsp3) is 0.609. The minimum absolute atomic E-state index is 0.0621. The van der Waals surface area contributed by atoms with Crippen LogP contribution in [0, 0.1) is 16.0 Å². The Labute approximate surface area is 199 Å². The molecule has 0 fully saturated rings. The zero-order valence-corrected chi connectivity index (χ0v) is 20.5. The monoisotopic (exact) mass is 481 g/mol. The lowest BCUT2D eigenvalue weighted by molar-refractivity contribution is -0.758. The zero-order chi connectivity index (χ0) is 25.7. The van der Waals surface area contributed by atoms with E-state index < -0.39 is 5.09 Å². The van der Waals surface area contributed by atoms with Crippen LogP contribution in [0.3, 0.4) is 0 Å². The minimum atomic E-state index is -0.916. The summed E-state index contributed by atoms with van der Waals surface area (Å²) in [5, 5.41) is 12.0. The summed E-state index contributed by atoms with van der Waals surface area (Å²) in [6, 6.07) is 4.84. The Morgan fingerprint density at radius 2 is 1.88 bits per heavy atom. The van der Waals surface area contributed by atoms with E-state index >= 15 is 0 Å². The summed E-state index contributed by atoms with van der Waals surface area (Å²) < 4.78 is 11.0. The van der Waals surface area contributed by atoms with E-state index in [1.165, 1.54) is 6.92 Å². The molecular weight excluding hydrogens is 446 g/mol. The van der Waals surface area contributed by atoms with E-state index in [0.717, 1.165) is 6.42 Å². The first-order chi connectivity index (χ1) is 16.0. The summed E-state index contributed by atoms with van der Waals surface area (Å²) in [5.74, 6) is -0.213. The third-order valence-electron chi connectivity index (χ3n) is 4.74. The summed E-state index contributed by atoms with van der Waals surface area (Å²) in [6.45, 7) is 9.14. The van der Waals surface area contributed by atoms with Crippen LogP contribution in [0.25, 0.3) is 0 Å². The molecule has 0 aliphatic carbocycles. The molecule has 0 saturated carbocycles. The van der Waals surface area contributed by atoms with E-state index in [9.17, 15) is 24.5 Å². The number of rotatable bonds is 16. The van der Waals surface area contributed by atoms with Crippen molar-refractivity contribution < 1.29 is 33.8 Å². The van der Waals surface area contributed by atoms with Gasteiger partial charge in [-0.25, -0.2) is 0 Å². The number of Topliss-reactive ketones (excluding diaryl/α,β-unsaturated/α-hetero) is 1. The minimum Gasteiger partial charge on any atom is -0.492 e. The second-order valence-corrected chi connectivity index (χ2v) is 8.23. The molecule has 1 aromatic rings. The van der Waals surface area contributed by atoms with E-state index in [-0.39, 0.29) is 56.0 Å². The number of benzene rings is 1. The van der Waals surface area contributed by atoms with Gasteiger partial charge in [-0.05, 0) is 45.4 Å². The molecule has 1 aromatic carbocycles. The van der Waals surface area contributed by atoms with Gasteiger partial charge in [-0.3, -0.25) is 14.4 Å². The largest absolute Gasteiger partial charge is 0.492 e. The SMILES string of the molecule is CCCC(=O)Nc1ccc(OCC(C)CN(C(=O)COCCO[N+](=O)[O-])C(C)C)c(C(C)=O)c1. The molecular formula is C23H35N3O8. The van der Waals surface area contributed by atoms with Crippen molar-refractivity contribution in [2.45, 2.75) is 53.5 Å². The van der Waals surface area contributed by atoms with Crippen LogP contribution in [-0.2, 0) is 19.2 Å². The first kappa shape index (κ1) is 28.8. The predicted octanol–water partition coefficient (Wildman–Crippen LogP) is 3.10. The van der Waals surface area contributed by atoms with E-state index in [4.69, 9.17) is 9.47 Å². The fourth-order valence-corrected chi connectivity index (χ4v) is 3.09. The van der Waals surface area contributed by atoms with Crippen LogP contribution in [0.4, 0.5) is 5.69 Å². The molecule has 1 rings (SSSR count). The topological polar surface area (TPSA) is 137 Å². The van der Waals surface area contributed by atoms with Crippen molar-refractivity contribution in [3.05, 3.63) is 33.9 Å². The Morgan fingerprint density at radius 3 is 2.47 bits per heavy atom. The quantitative estimate of drug-likeness (QED) is 0.165. The third kappa shape index (κ3) is 10.6. The normalized spacial score (nSPS) is 11.6. The van der Waals surface area contributed by atoms with Crippen molar-refractivity contribution in [2.75, 3.05) is 38.3 Å². The molecule has 0 spiro atoms. The maximum Gasteiger partial charge on any atom is 0.294 e. The molecule has 0 radical (unpaired) electrons. The van der Waals surface area contributed by atoms with Crippen molar-refractivity contribution in [3.8, 4) is 5.75 Å². The number of ketones is 1. The average molecular weight is 482 g/mol. The van der Waals surface area contributed by atoms with Crippen LogP contribution in [0.2, 0.25) is 0 Å². The van der Waals surface area contributed by atoms with Gasteiger partial charge in [-0.2, -0.15) is 0 Å². The number of anilines is 1. The van der Waals surface area contributed by atoms with Gasteiger partial charge in [0, 0.05) is 30.6 Å². The van der Waals surface area contributed by atoms with E-state index in [1.54, 1.807) is 23.1 Å². The van der Waals surface area contributed by atoms with E-state index in [2.05, 4.69) is 10.2 Å². The van der Waals surface area contributed by atoms with Gasteiger partial charge >= 0.3 is 0 Å². The van der Waals surface area contributed by atoms with Crippen LogP contribution < -0.4 is 10.1 Å². The molecule has 1 atom stereocenters. The van der Waals surface area contributed by atoms with Crippen LogP contribution in [0.15, 0.2) is 18.2 Å². The molecule has 1 N–H and O–H groups in total. The highest BCUT2D eigenvalue weighted by molar-refractivity contribution is 5.99. The summed E-state index contributed by atoms with van der Waals surface area (Å²) in [5.41, 5.74) is 0.896. The highest BCUT2D eigenvalue weighted by atomic mass is 17.0. The molecule has 0 saturated heterocycles. The number of carbonyl (C=O) groups excluding carboxylic acids is 3. The van der Waals surface area contributed by atoms with Crippen LogP contribution in [0.5, 0.6) is 5.75 Å². The summed E-state index contributed by atoms with van der Waals surface area (Å²) in [7, 11) is 0. The fourth-order valence-electron chi connectivity index (χ4n) is 3.09. The van der Waals surface area contributed by atoms with Gasteiger partial charge in [-0.15, -0.1) is 10.1 Å². The molecule has 11 heteroatoms. The highest BCUT2D eigenvalue weighted by Gasteiger charge is 2.21. The van der Waals surface area contributed by atoms with Gasteiger partial charge in [-0.1, -0.05) is 13.8 Å². The Bertz CT molecular complexity index is 844. The van der Waals surface area contributed by atoms with Gasteiger partial charge in [0.25, 0.3) is 5.09 Å². The standard InChI is InChI=1S/C23H35N3O8/c1-6-7-22(28)24-19-8-9-21(20(12-19)18(5)27)33-14-17(4)13-25(16(2)3)23(29)15-32-10-11-34-26(30)31/h8-9,12,16-17H,6-7,10-11,13-15H2,1-5H3,(H,24,28). The number of nitrogens with one attached hydrogen (secondary N) is 1. The number of hydrogen-bond acceptors (Lipinski definition) is 8. The van der Waals surface area contributed by atoms with Crippen molar-refractivity contribution >= 4 is 23.3 Å². The number of carbonyl (C=O) groups is 3. The smallest absolute Gasteiger partial charge is 0.294 e. The molecule has 34 heavy (non-hydrogen) atoms. The Kier molecular flexibility index (Phi) is 12.6. The van der Waals surface area contributed by atoms with Crippen LogP contribution in [-0.4, -0.2) is 66.6 Å². The molecule has 0 bridgehead atoms. The molecule has 1 unspecified atom stereocenters. The first-order valence-electron chi connectivity index (χ1n) is 11.3. The first-order valence-corrected chi connectivity index (χ1v) is 11.3. The third-order valence-corrected chi connectivity index (χ3v) is 4.74. The summed E-state index contributed by atoms with van der Waals surface area (Å²) >= 11 is 0.